The Kier molecular flexibility index (Phi) is 4.06. The second kappa shape index (κ2) is 5.54. The molecule has 2 nitrogen and oxygen atoms in total. The molecule has 0 unspecified atom stereocenters. The van der Waals surface area contributed by atoms with Gasteiger partial charge in [-0.05, 0) is 50.3 Å². The molecule has 1 saturated carbocycles. The molecule has 1 aromatic rings. The number of halogens is 1. The van der Waals surface area contributed by atoms with Crippen LogP contribution in [0.1, 0.15) is 38.2 Å². The van der Waals surface area contributed by atoms with E-state index in [1.165, 1.54) is 12.8 Å². The number of benzene rings is 1. The molecule has 0 radical (unpaired) electrons. The van der Waals surface area contributed by atoms with Crippen molar-refractivity contribution in [3.05, 3.63) is 28.8 Å². The number of Topliss-reactive ketones (excluding diaryl/α,β-unsaturated/α-hetero) is 1. The van der Waals surface area contributed by atoms with Crippen LogP contribution in [0.5, 0.6) is 5.75 Å². The van der Waals surface area contributed by atoms with Crippen LogP contribution >= 0.6 is 11.6 Å². The SMILES string of the molecule is CC(=O)Cc1ccc(OC2CCCC2)c(Cl)c1. The van der Waals surface area contributed by atoms with E-state index in [1.807, 2.05) is 18.2 Å². The predicted molar refractivity (Wildman–Crippen MR) is 68.7 cm³/mol. The maximum absolute atomic E-state index is 11.0. The first-order valence-electron chi connectivity index (χ1n) is 6.09. The zero-order valence-electron chi connectivity index (χ0n) is 10.0. The molecule has 1 aliphatic rings. The van der Waals surface area contributed by atoms with Crippen LogP contribution in [0.25, 0.3) is 0 Å². The Hall–Kier alpha value is -1.02. The topological polar surface area (TPSA) is 26.3 Å². The van der Waals surface area contributed by atoms with Crippen molar-refractivity contribution in [1.29, 1.82) is 0 Å². The summed E-state index contributed by atoms with van der Waals surface area (Å²) in [5.41, 5.74) is 0.946. The zero-order valence-corrected chi connectivity index (χ0v) is 10.8. The van der Waals surface area contributed by atoms with Crippen LogP contribution in [-0.4, -0.2) is 11.9 Å². The van der Waals surface area contributed by atoms with Crippen molar-refractivity contribution in [3.8, 4) is 5.75 Å². The van der Waals surface area contributed by atoms with E-state index in [4.69, 9.17) is 16.3 Å². The summed E-state index contributed by atoms with van der Waals surface area (Å²) in [5, 5.41) is 0.607. The molecule has 0 heterocycles. The number of hydrogen-bond acceptors (Lipinski definition) is 2. The van der Waals surface area contributed by atoms with Gasteiger partial charge in [-0.2, -0.15) is 0 Å². The van der Waals surface area contributed by atoms with Crippen molar-refractivity contribution in [1.82, 2.24) is 0 Å². The van der Waals surface area contributed by atoms with Gasteiger partial charge in [0, 0.05) is 6.42 Å². The Labute approximate surface area is 107 Å². The second-order valence-corrected chi connectivity index (χ2v) is 5.08. The van der Waals surface area contributed by atoms with Crippen LogP contribution in [0.15, 0.2) is 18.2 Å². The van der Waals surface area contributed by atoms with Crippen molar-refractivity contribution >= 4 is 17.4 Å². The van der Waals surface area contributed by atoms with Gasteiger partial charge in [0.15, 0.2) is 0 Å². The number of ketones is 1. The molecule has 17 heavy (non-hydrogen) atoms. The Balaban J connectivity index is 2.05. The number of hydrogen-bond donors (Lipinski definition) is 0. The second-order valence-electron chi connectivity index (χ2n) is 4.67. The minimum absolute atomic E-state index is 0.144. The first-order chi connectivity index (χ1) is 8.15. The molecule has 1 aliphatic carbocycles. The first-order valence-corrected chi connectivity index (χ1v) is 6.47. The van der Waals surface area contributed by atoms with Gasteiger partial charge in [-0.1, -0.05) is 17.7 Å². The van der Waals surface area contributed by atoms with E-state index >= 15 is 0 Å². The number of rotatable bonds is 4. The van der Waals surface area contributed by atoms with Crippen molar-refractivity contribution in [2.45, 2.75) is 45.1 Å². The third-order valence-electron chi connectivity index (χ3n) is 3.05. The van der Waals surface area contributed by atoms with Gasteiger partial charge in [-0.25, -0.2) is 0 Å². The summed E-state index contributed by atoms with van der Waals surface area (Å²) in [7, 11) is 0. The molecular formula is C14H17ClO2. The maximum atomic E-state index is 11.0. The van der Waals surface area contributed by atoms with Gasteiger partial charge in [-0.3, -0.25) is 4.79 Å². The molecule has 92 valence electrons. The van der Waals surface area contributed by atoms with Crippen molar-refractivity contribution in [2.75, 3.05) is 0 Å². The zero-order chi connectivity index (χ0) is 12.3. The fraction of sp³-hybridized carbons (Fsp3) is 0.500. The van der Waals surface area contributed by atoms with E-state index in [0.717, 1.165) is 24.2 Å². The molecule has 0 spiro atoms. The van der Waals surface area contributed by atoms with Crippen LogP contribution < -0.4 is 4.74 Å². The molecule has 0 atom stereocenters. The minimum atomic E-state index is 0.144. The number of carbonyl (C=O) groups is 1. The maximum Gasteiger partial charge on any atom is 0.138 e. The summed E-state index contributed by atoms with van der Waals surface area (Å²) in [4.78, 5) is 11.0. The average Bonchev–Trinajstić information content (AvgIpc) is 2.74. The Morgan fingerprint density at radius 2 is 2.12 bits per heavy atom. The number of carbonyl (C=O) groups excluding carboxylic acids is 1. The monoisotopic (exact) mass is 252 g/mol. The quantitative estimate of drug-likeness (QED) is 0.815. The Morgan fingerprint density at radius 3 is 2.71 bits per heavy atom. The molecule has 0 aliphatic heterocycles. The summed E-state index contributed by atoms with van der Waals surface area (Å²) < 4.78 is 5.85. The standard InChI is InChI=1S/C14H17ClO2/c1-10(16)8-11-6-7-14(13(15)9-11)17-12-4-2-3-5-12/h6-7,9,12H,2-5,8H2,1H3. The normalized spacial score (nSPS) is 16.1. The summed E-state index contributed by atoms with van der Waals surface area (Å²) in [6.07, 6.45) is 5.46. The lowest BCUT2D eigenvalue weighted by molar-refractivity contribution is -0.116. The predicted octanol–water partition coefficient (Wildman–Crippen LogP) is 3.79. The molecule has 0 N–H and O–H groups in total. The molecule has 1 fully saturated rings. The first kappa shape index (κ1) is 12.4. The molecule has 0 saturated heterocycles. The highest BCUT2D eigenvalue weighted by Gasteiger charge is 2.17. The highest BCUT2D eigenvalue weighted by Crippen LogP contribution is 2.30. The lowest BCUT2D eigenvalue weighted by Crippen LogP contribution is -2.11. The highest BCUT2D eigenvalue weighted by atomic mass is 35.5. The summed E-state index contributed by atoms with van der Waals surface area (Å²) in [6.45, 7) is 1.58. The average molecular weight is 253 g/mol. The smallest absolute Gasteiger partial charge is 0.138 e. The van der Waals surface area contributed by atoms with Crippen LogP contribution in [0.4, 0.5) is 0 Å². The van der Waals surface area contributed by atoms with E-state index in [-0.39, 0.29) is 5.78 Å². The lowest BCUT2D eigenvalue weighted by atomic mass is 10.1. The number of ether oxygens (including phenoxy) is 1. The van der Waals surface area contributed by atoms with Crippen molar-refractivity contribution < 1.29 is 9.53 Å². The van der Waals surface area contributed by atoms with Crippen LogP contribution in [-0.2, 0) is 11.2 Å². The largest absolute Gasteiger partial charge is 0.489 e. The molecule has 1 aromatic carbocycles. The van der Waals surface area contributed by atoms with Gasteiger partial charge in [0.05, 0.1) is 11.1 Å². The van der Waals surface area contributed by atoms with E-state index in [2.05, 4.69) is 0 Å². The molecule has 0 bridgehead atoms. The fourth-order valence-corrected chi connectivity index (χ4v) is 2.47. The molecular weight excluding hydrogens is 236 g/mol. The third-order valence-corrected chi connectivity index (χ3v) is 3.34. The van der Waals surface area contributed by atoms with Gasteiger partial charge in [0.25, 0.3) is 0 Å². The fourth-order valence-electron chi connectivity index (χ4n) is 2.22. The van der Waals surface area contributed by atoms with E-state index in [9.17, 15) is 4.79 Å². The summed E-state index contributed by atoms with van der Waals surface area (Å²) in [5.74, 6) is 0.886. The Bertz CT molecular complexity index is 409. The van der Waals surface area contributed by atoms with Crippen LogP contribution in [0, 0.1) is 0 Å². The van der Waals surface area contributed by atoms with E-state index < -0.39 is 0 Å². The van der Waals surface area contributed by atoms with E-state index in [0.29, 0.717) is 17.5 Å². The Morgan fingerprint density at radius 1 is 1.41 bits per heavy atom. The minimum Gasteiger partial charge on any atom is -0.489 e. The van der Waals surface area contributed by atoms with Crippen LogP contribution in [0.3, 0.4) is 0 Å². The molecule has 3 heteroatoms. The highest BCUT2D eigenvalue weighted by molar-refractivity contribution is 6.32. The van der Waals surface area contributed by atoms with Gasteiger partial charge in [-0.15, -0.1) is 0 Å². The van der Waals surface area contributed by atoms with Crippen molar-refractivity contribution in [2.24, 2.45) is 0 Å². The molecule has 0 amide bonds. The third kappa shape index (κ3) is 3.47. The lowest BCUT2D eigenvalue weighted by Gasteiger charge is -2.14. The van der Waals surface area contributed by atoms with Gasteiger partial charge >= 0.3 is 0 Å². The molecule has 0 aromatic heterocycles. The van der Waals surface area contributed by atoms with Gasteiger partial charge in [0.1, 0.15) is 11.5 Å². The summed E-state index contributed by atoms with van der Waals surface area (Å²) in [6, 6.07) is 5.61. The van der Waals surface area contributed by atoms with Gasteiger partial charge < -0.3 is 4.74 Å². The van der Waals surface area contributed by atoms with Gasteiger partial charge in [0.2, 0.25) is 0 Å². The summed E-state index contributed by atoms with van der Waals surface area (Å²) >= 11 is 6.15. The molecule has 2 rings (SSSR count). The van der Waals surface area contributed by atoms with E-state index in [1.54, 1.807) is 6.92 Å². The van der Waals surface area contributed by atoms with Crippen LogP contribution in [0.2, 0.25) is 5.02 Å². The van der Waals surface area contributed by atoms with Crippen molar-refractivity contribution in [3.63, 3.8) is 0 Å².